The summed E-state index contributed by atoms with van der Waals surface area (Å²) in [5, 5.41) is 6.93. The van der Waals surface area contributed by atoms with E-state index in [0.29, 0.717) is 49.0 Å². The molecule has 0 radical (unpaired) electrons. The molecule has 2 aromatic heterocycles. The Bertz CT molecular complexity index is 741. The lowest BCUT2D eigenvalue weighted by molar-refractivity contribution is -0.121. The number of pyridine rings is 1. The summed E-state index contributed by atoms with van der Waals surface area (Å²) in [6.45, 7) is 3.92. The number of likely N-dealkylation sites (tertiary alicyclic amines) is 1. The van der Waals surface area contributed by atoms with Gasteiger partial charge in [0.25, 0.3) is 5.91 Å². The Balaban J connectivity index is 1.37. The van der Waals surface area contributed by atoms with Gasteiger partial charge in [-0.05, 0) is 55.3 Å². The van der Waals surface area contributed by atoms with Crippen molar-refractivity contribution in [2.75, 3.05) is 19.6 Å². The highest BCUT2D eigenvalue weighted by atomic mass is 32.1. The Morgan fingerprint density at radius 2 is 2.15 bits per heavy atom. The van der Waals surface area contributed by atoms with Crippen molar-refractivity contribution in [2.24, 2.45) is 5.92 Å². The zero-order chi connectivity index (χ0) is 18.4. The predicted molar refractivity (Wildman–Crippen MR) is 98.8 cm³/mol. The summed E-state index contributed by atoms with van der Waals surface area (Å²) in [5.41, 5.74) is 1.77. The Morgan fingerprint density at radius 1 is 1.35 bits per heavy atom. The molecule has 0 aliphatic carbocycles. The van der Waals surface area contributed by atoms with Crippen molar-refractivity contribution in [2.45, 2.75) is 32.6 Å². The van der Waals surface area contributed by atoms with Crippen molar-refractivity contribution < 1.29 is 9.59 Å². The van der Waals surface area contributed by atoms with Crippen molar-refractivity contribution >= 4 is 23.3 Å². The molecule has 0 saturated carbocycles. The number of aryl methyl sites for hydroxylation is 2. The Labute approximate surface area is 157 Å². The number of amides is 2. The summed E-state index contributed by atoms with van der Waals surface area (Å²) in [7, 11) is 0. The molecule has 26 heavy (non-hydrogen) atoms. The standard InChI is InChI=1S/C18H23N5O2S/c1-13-17(26-22-21-13)18(25)23-9-6-15(7-10-23)12-20-16(24)5-4-14-3-2-8-19-11-14/h2-3,8,11,15H,4-7,9-10,12H2,1H3,(H,20,24). The van der Waals surface area contributed by atoms with E-state index >= 15 is 0 Å². The minimum absolute atomic E-state index is 0.0245. The molecule has 3 heterocycles. The summed E-state index contributed by atoms with van der Waals surface area (Å²) in [4.78, 5) is 31.0. The molecule has 0 aromatic carbocycles. The molecule has 0 unspecified atom stereocenters. The molecule has 3 rings (SSSR count). The summed E-state index contributed by atoms with van der Waals surface area (Å²) in [6.07, 6.45) is 6.50. The van der Waals surface area contributed by atoms with Crippen LogP contribution >= 0.6 is 11.5 Å². The SMILES string of the molecule is Cc1nnsc1C(=O)N1CCC(CNC(=O)CCc2cccnc2)CC1. The number of hydrogen-bond acceptors (Lipinski definition) is 6. The van der Waals surface area contributed by atoms with Gasteiger partial charge in [0.1, 0.15) is 4.88 Å². The normalized spacial score (nSPS) is 15.0. The van der Waals surface area contributed by atoms with E-state index < -0.39 is 0 Å². The lowest BCUT2D eigenvalue weighted by Gasteiger charge is -2.31. The van der Waals surface area contributed by atoms with E-state index in [-0.39, 0.29) is 11.8 Å². The maximum atomic E-state index is 12.5. The third-order valence-corrected chi connectivity index (χ3v) is 5.51. The van der Waals surface area contributed by atoms with Crippen molar-refractivity contribution in [3.8, 4) is 0 Å². The van der Waals surface area contributed by atoms with Gasteiger partial charge in [-0.1, -0.05) is 10.6 Å². The maximum Gasteiger partial charge on any atom is 0.267 e. The van der Waals surface area contributed by atoms with Gasteiger partial charge >= 0.3 is 0 Å². The summed E-state index contributed by atoms with van der Waals surface area (Å²) in [6, 6.07) is 3.86. The first-order chi connectivity index (χ1) is 12.6. The number of rotatable bonds is 6. The number of hydrogen-bond donors (Lipinski definition) is 1. The number of aromatic nitrogens is 3. The average molecular weight is 373 g/mol. The molecular formula is C18H23N5O2S. The predicted octanol–water partition coefficient (Wildman–Crippen LogP) is 1.84. The molecule has 2 amide bonds. The van der Waals surface area contributed by atoms with Gasteiger partial charge in [-0.3, -0.25) is 14.6 Å². The van der Waals surface area contributed by atoms with Gasteiger partial charge in [0, 0.05) is 38.4 Å². The number of piperidine rings is 1. The van der Waals surface area contributed by atoms with Gasteiger partial charge in [-0.2, -0.15) is 0 Å². The number of carbonyl (C=O) groups is 2. The fourth-order valence-corrected chi connectivity index (χ4v) is 3.69. The third-order valence-electron chi connectivity index (χ3n) is 4.70. The van der Waals surface area contributed by atoms with Crippen LogP contribution in [0.2, 0.25) is 0 Å². The highest BCUT2D eigenvalue weighted by Crippen LogP contribution is 2.20. The fraction of sp³-hybridized carbons (Fsp3) is 0.500. The molecule has 1 fully saturated rings. The van der Waals surface area contributed by atoms with Gasteiger partial charge in [-0.25, -0.2) is 0 Å². The number of carbonyl (C=O) groups excluding carboxylic acids is 2. The molecule has 0 bridgehead atoms. The molecule has 1 aliphatic heterocycles. The van der Waals surface area contributed by atoms with Crippen molar-refractivity contribution in [3.05, 3.63) is 40.7 Å². The number of nitrogens with one attached hydrogen (secondary N) is 1. The van der Waals surface area contributed by atoms with Crippen LogP contribution in [0.25, 0.3) is 0 Å². The zero-order valence-corrected chi connectivity index (χ0v) is 15.7. The first-order valence-electron chi connectivity index (χ1n) is 8.87. The summed E-state index contributed by atoms with van der Waals surface area (Å²) in [5.74, 6) is 0.511. The second-order valence-electron chi connectivity index (χ2n) is 6.59. The topological polar surface area (TPSA) is 88.1 Å². The molecule has 0 atom stereocenters. The third kappa shape index (κ3) is 4.85. The smallest absolute Gasteiger partial charge is 0.267 e. The molecule has 1 aliphatic rings. The lowest BCUT2D eigenvalue weighted by Crippen LogP contribution is -2.41. The zero-order valence-electron chi connectivity index (χ0n) is 14.9. The van der Waals surface area contributed by atoms with Gasteiger partial charge in [0.2, 0.25) is 5.91 Å². The second-order valence-corrected chi connectivity index (χ2v) is 7.34. The highest BCUT2D eigenvalue weighted by molar-refractivity contribution is 7.07. The van der Waals surface area contributed by atoms with Crippen LogP contribution in [-0.4, -0.2) is 50.9 Å². The van der Waals surface area contributed by atoms with Crippen LogP contribution in [-0.2, 0) is 11.2 Å². The monoisotopic (exact) mass is 373 g/mol. The van der Waals surface area contributed by atoms with Crippen LogP contribution in [0, 0.1) is 12.8 Å². The Hall–Kier alpha value is -2.35. The number of nitrogens with zero attached hydrogens (tertiary/aromatic N) is 4. The van der Waals surface area contributed by atoms with Gasteiger partial charge in [0.05, 0.1) is 5.69 Å². The van der Waals surface area contributed by atoms with Crippen molar-refractivity contribution in [3.63, 3.8) is 0 Å². The van der Waals surface area contributed by atoms with E-state index in [1.807, 2.05) is 24.0 Å². The van der Waals surface area contributed by atoms with E-state index in [4.69, 9.17) is 0 Å². The van der Waals surface area contributed by atoms with Crippen LogP contribution in [0.5, 0.6) is 0 Å². The minimum Gasteiger partial charge on any atom is -0.356 e. The van der Waals surface area contributed by atoms with Crippen molar-refractivity contribution in [1.29, 1.82) is 0 Å². The average Bonchev–Trinajstić information content (AvgIpc) is 3.11. The van der Waals surface area contributed by atoms with E-state index in [1.165, 1.54) is 0 Å². The van der Waals surface area contributed by atoms with Crippen LogP contribution in [0.15, 0.2) is 24.5 Å². The van der Waals surface area contributed by atoms with E-state index in [9.17, 15) is 9.59 Å². The van der Waals surface area contributed by atoms with Gasteiger partial charge < -0.3 is 10.2 Å². The molecule has 2 aromatic rings. The maximum absolute atomic E-state index is 12.5. The fourth-order valence-electron chi connectivity index (χ4n) is 3.06. The quantitative estimate of drug-likeness (QED) is 0.835. The molecular weight excluding hydrogens is 350 g/mol. The second kappa shape index (κ2) is 8.84. The molecule has 8 heteroatoms. The summed E-state index contributed by atoms with van der Waals surface area (Å²) < 4.78 is 3.83. The first-order valence-corrected chi connectivity index (χ1v) is 9.64. The van der Waals surface area contributed by atoms with E-state index in [1.54, 1.807) is 12.4 Å². The molecule has 7 nitrogen and oxygen atoms in total. The molecule has 138 valence electrons. The first kappa shape index (κ1) is 18.4. The molecule has 1 saturated heterocycles. The van der Waals surface area contributed by atoms with Crippen LogP contribution in [0.3, 0.4) is 0 Å². The summed E-state index contributed by atoms with van der Waals surface area (Å²) >= 11 is 1.16. The van der Waals surface area contributed by atoms with Crippen molar-refractivity contribution in [1.82, 2.24) is 24.8 Å². The minimum atomic E-state index is 0.0245. The van der Waals surface area contributed by atoms with E-state index in [0.717, 1.165) is 29.9 Å². The Kier molecular flexibility index (Phi) is 6.27. The van der Waals surface area contributed by atoms with E-state index in [2.05, 4.69) is 19.9 Å². The van der Waals surface area contributed by atoms with Gasteiger partial charge in [-0.15, -0.1) is 5.10 Å². The van der Waals surface area contributed by atoms with Crippen LogP contribution in [0.1, 0.15) is 40.2 Å². The van der Waals surface area contributed by atoms with Crippen LogP contribution < -0.4 is 5.32 Å². The molecule has 1 N–H and O–H groups in total. The van der Waals surface area contributed by atoms with Gasteiger partial charge in [0.15, 0.2) is 0 Å². The molecule has 0 spiro atoms. The lowest BCUT2D eigenvalue weighted by atomic mass is 9.96. The largest absolute Gasteiger partial charge is 0.356 e. The Morgan fingerprint density at radius 3 is 2.81 bits per heavy atom. The highest BCUT2D eigenvalue weighted by Gasteiger charge is 2.26. The van der Waals surface area contributed by atoms with Crippen LogP contribution in [0.4, 0.5) is 0 Å².